The van der Waals surface area contributed by atoms with E-state index < -0.39 is 0 Å². The molecule has 118 valence electrons. The fourth-order valence-electron chi connectivity index (χ4n) is 3.45. The van der Waals surface area contributed by atoms with Crippen LogP contribution in [-0.2, 0) is 33.5 Å². The van der Waals surface area contributed by atoms with E-state index in [0.717, 1.165) is 25.3 Å². The molecule has 6 heteroatoms. The average Bonchev–Trinajstić information content (AvgIpc) is 2.87. The van der Waals surface area contributed by atoms with E-state index in [4.69, 9.17) is 0 Å². The van der Waals surface area contributed by atoms with Crippen molar-refractivity contribution in [1.29, 1.82) is 0 Å². The van der Waals surface area contributed by atoms with Gasteiger partial charge in [0.1, 0.15) is 0 Å². The molecule has 0 radical (unpaired) electrons. The van der Waals surface area contributed by atoms with Crippen molar-refractivity contribution in [2.24, 2.45) is 13.0 Å². The Bertz CT molecular complexity index is 585. The third-order valence-corrected chi connectivity index (χ3v) is 4.50. The third kappa shape index (κ3) is 3.02. The maximum atomic E-state index is 4.33. The Morgan fingerprint density at radius 3 is 2.50 bits per heavy atom. The number of hydrogen-bond donors (Lipinski definition) is 0. The molecule has 1 saturated heterocycles. The molecule has 0 bridgehead atoms. The maximum Gasteiger partial charge on any atom is 2.00 e. The summed E-state index contributed by atoms with van der Waals surface area (Å²) < 4.78 is 1.81. The van der Waals surface area contributed by atoms with Crippen LogP contribution in [0.5, 0.6) is 0 Å². The molecule has 1 aliphatic rings. The summed E-state index contributed by atoms with van der Waals surface area (Å²) in [6.07, 6.45) is 0.982. The average molecular weight is 469 g/mol. The summed E-state index contributed by atoms with van der Waals surface area (Å²) in [5, 5.41) is 12.2. The molecule has 1 aromatic carbocycles. The van der Waals surface area contributed by atoms with Crippen LogP contribution in [0.3, 0.4) is 0 Å². The summed E-state index contributed by atoms with van der Waals surface area (Å²) in [4.78, 5) is 2.13. The van der Waals surface area contributed by atoms with Crippen LogP contribution in [0, 0.1) is 20.4 Å². The minimum Gasteiger partial charge on any atom is -0.459 e. The molecule has 2 heterocycles. The Balaban J connectivity index is 0.00000121. The molecular formula is C16H23N5W. The van der Waals surface area contributed by atoms with Crippen molar-refractivity contribution in [2.45, 2.75) is 18.8 Å². The molecule has 5 nitrogen and oxygen atoms in total. The monoisotopic (exact) mass is 469 g/mol. The first-order valence-corrected chi connectivity index (χ1v) is 6.98. The first-order chi connectivity index (χ1) is 9.64. The van der Waals surface area contributed by atoms with E-state index in [1.165, 1.54) is 5.56 Å². The maximum absolute atomic E-state index is 4.33. The van der Waals surface area contributed by atoms with Crippen LogP contribution >= 0.6 is 0 Å². The number of nitrogens with zero attached hydrogens (tertiary/aromatic N) is 5. The summed E-state index contributed by atoms with van der Waals surface area (Å²) >= 11 is 0. The first kappa shape index (κ1) is 19.0. The summed E-state index contributed by atoms with van der Waals surface area (Å²) in [6.45, 7) is 4.16. The number of rotatable bonds is 2. The van der Waals surface area contributed by atoms with Crippen LogP contribution in [-0.4, -0.2) is 38.2 Å². The fourth-order valence-corrected chi connectivity index (χ4v) is 3.45. The van der Waals surface area contributed by atoms with Gasteiger partial charge in [0.05, 0.1) is 5.41 Å². The quantitative estimate of drug-likeness (QED) is 0.633. The van der Waals surface area contributed by atoms with Gasteiger partial charge in [0.15, 0.2) is 5.82 Å². The minimum atomic E-state index is -0.131. The molecule has 0 amide bonds. The Kier molecular flexibility index (Phi) is 6.45. The molecule has 2 atom stereocenters. The van der Waals surface area contributed by atoms with Crippen molar-refractivity contribution in [1.82, 2.24) is 25.1 Å². The van der Waals surface area contributed by atoms with Gasteiger partial charge in [-0.1, -0.05) is 37.3 Å². The normalized spacial score (nSPS) is 25.1. The summed E-state index contributed by atoms with van der Waals surface area (Å²) in [7, 11) is 6.01. The largest absolute Gasteiger partial charge is 2.00 e. The Morgan fingerprint density at radius 2 is 1.95 bits per heavy atom. The molecule has 2 unspecified atom stereocenters. The smallest absolute Gasteiger partial charge is 0.459 e. The van der Waals surface area contributed by atoms with Crippen molar-refractivity contribution in [3.05, 3.63) is 56.2 Å². The Morgan fingerprint density at radius 1 is 1.27 bits per heavy atom. The Labute approximate surface area is 147 Å². The molecule has 0 N–H and O–H groups in total. The number of likely N-dealkylation sites (tertiary alicyclic amines) is 1. The van der Waals surface area contributed by atoms with Gasteiger partial charge in [-0.25, -0.2) is 4.68 Å². The van der Waals surface area contributed by atoms with Crippen LogP contribution in [0.25, 0.3) is 0 Å². The second-order valence-electron chi connectivity index (χ2n) is 5.69. The molecule has 1 aromatic heterocycles. The van der Waals surface area contributed by atoms with Gasteiger partial charge in [-0.2, -0.15) is 0 Å². The fraction of sp³-hybridized carbons (Fsp3) is 0.438. The molecule has 1 aliphatic heterocycles. The van der Waals surface area contributed by atoms with Gasteiger partial charge in [0.2, 0.25) is 0 Å². The van der Waals surface area contributed by atoms with Gasteiger partial charge in [0, 0.05) is 7.05 Å². The number of hydrogen-bond acceptors (Lipinski definition) is 4. The van der Waals surface area contributed by atoms with Crippen LogP contribution in [0.15, 0.2) is 30.3 Å². The topological polar surface area (TPSA) is 46.8 Å². The molecule has 0 spiro atoms. The second-order valence-corrected chi connectivity index (χ2v) is 5.69. The number of aryl methyl sites for hydroxylation is 1. The van der Waals surface area contributed by atoms with E-state index in [1.807, 2.05) is 17.8 Å². The van der Waals surface area contributed by atoms with Gasteiger partial charge in [-0.15, -0.1) is 5.10 Å². The van der Waals surface area contributed by atoms with Crippen LogP contribution in [0.1, 0.15) is 24.7 Å². The standard InChI is InChI=1S/C15H20N5.CH3.W/c1-12-11-19(2)10-9-15(12,13-7-5-4-6-8-13)14-16-17-18-20(14)3;;/h4-8,12H,2,9-11H2,1,3H3;1H3;/q2*-1;+2. The zero-order chi connectivity index (χ0) is 14.2. The summed E-state index contributed by atoms with van der Waals surface area (Å²) in [5.74, 6) is 1.35. The molecule has 0 aliphatic carbocycles. The van der Waals surface area contributed by atoms with Crippen LogP contribution < -0.4 is 0 Å². The predicted molar refractivity (Wildman–Crippen MR) is 83.1 cm³/mol. The number of aromatic nitrogens is 4. The van der Waals surface area contributed by atoms with Crippen molar-refractivity contribution >= 4 is 0 Å². The first-order valence-electron chi connectivity index (χ1n) is 6.98. The van der Waals surface area contributed by atoms with Gasteiger partial charge < -0.3 is 12.3 Å². The van der Waals surface area contributed by atoms with E-state index in [9.17, 15) is 0 Å². The van der Waals surface area contributed by atoms with E-state index >= 15 is 0 Å². The van der Waals surface area contributed by atoms with E-state index in [1.54, 1.807) is 0 Å². The van der Waals surface area contributed by atoms with Crippen LogP contribution in [0.2, 0.25) is 0 Å². The van der Waals surface area contributed by atoms with Gasteiger partial charge >= 0.3 is 21.1 Å². The number of benzene rings is 1. The van der Waals surface area contributed by atoms with E-state index in [-0.39, 0.29) is 33.9 Å². The molecule has 2 aromatic rings. The number of tetrazole rings is 1. The zero-order valence-corrected chi connectivity index (χ0v) is 16.4. The molecule has 22 heavy (non-hydrogen) atoms. The van der Waals surface area contributed by atoms with Crippen molar-refractivity contribution in [2.75, 3.05) is 13.1 Å². The second kappa shape index (κ2) is 7.47. The molecule has 3 rings (SSSR count). The van der Waals surface area contributed by atoms with Crippen molar-refractivity contribution < 1.29 is 21.1 Å². The van der Waals surface area contributed by atoms with Crippen molar-refractivity contribution in [3.63, 3.8) is 0 Å². The molecule has 0 saturated carbocycles. The SMILES string of the molecule is [CH2-]N1CCC(c2ccccc2)(c2nnnn2C)C(C)C1.[CH3-].[W+2]. The van der Waals surface area contributed by atoms with Gasteiger partial charge in [-0.05, 0) is 41.4 Å². The van der Waals surface area contributed by atoms with E-state index in [2.05, 4.69) is 58.7 Å². The van der Waals surface area contributed by atoms with Gasteiger partial charge in [0.25, 0.3) is 0 Å². The van der Waals surface area contributed by atoms with Gasteiger partial charge in [-0.3, -0.25) is 7.05 Å². The Hall–Kier alpha value is -1.06. The summed E-state index contributed by atoms with van der Waals surface area (Å²) in [6, 6.07) is 10.6. The minimum absolute atomic E-state index is 0. The zero-order valence-electron chi connectivity index (χ0n) is 13.4. The molecule has 1 fully saturated rings. The predicted octanol–water partition coefficient (Wildman–Crippen LogP) is 2.08. The third-order valence-electron chi connectivity index (χ3n) is 4.50. The summed E-state index contributed by atoms with van der Waals surface area (Å²) in [5.41, 5.74) is 1.16. The van der Waals surface area contributed by atoms with Crippen LogP contribution in [0.4, 0.5) is 0 Å². The van der Waals surface area contributed by atoms with E-state index in [0.29, 0.717) is 5.92 Å². The number of piperidine rings is 1. The van der Waals surface area contributed by atoms with Crippen molar-refractivity contribution in [3.8, 4) is 0 Å². The molecular weight excluding hydrogens is 446 g/mol.